The van der Waals surface area contributed by atoms with Crippen LogP contribution in [0.1, 0.15) is 5.56 Å². The first-order valence-electron chi connectivity index (χ1n) is 7.82. The van der Waals surface area contributed by atoms with Gasteiger partial charge in [0.25, 0.3) is 0 Å². The lowest BCUT2D eigenvalue weighted by Crippen LogP contribution is -2.44. The number of phenols is 1. The molecule has 1 fully saturated rings. The number of halogens is 1. The number of hydrogen-bond donors (Lipinski definition) is 1. The number of phenolic OH excluding ortho intramolecular Hbond substituents is 1. The molecule has 0 atom stereocenters. The molecule has 1 aliphatic rings. The minimum Gasteiger partial charge on any atom is -0.504 e. The Balaban J connectivity index is 1.58. The van der Waals surface area contributed by atoms with E-state index in [9.17, 15) is 5.11 Å². The first kappa shape index (κ1) is 16.5. The molecule has 1 saturated heterocycles. The van der Waals surface area contributed by atoms with Crippen molar-refractivity contribution in [1.82, 2.24) is 5.01 Å². The molecule has 0 unspecified atom stereocenters. The molecule has 0 amide bonds. The molecule has 3 rings (SSSR count). The third-order valence-electron chi connectivity index (χ3n) is 4.02. The van der Waals surface area contributed by atoms with Gasteiger partial charge in [-0.1, -0.05) is 11.6 Å². The lowest BCUT2D eigenvalue weighted by atomic mass is 10.2. The van der Waals surface area contributed by atoms with Crippen LogP contribution >= 0.6 is 11.6 Å². The third-order valence-corrected chi connectivity index (χ3v) is 4.27. The molecule has 2 aromatic rings. The smallest absolute Gasteiger partial charge is 0.161 e. The average Bonchev–Trinajstić information content (AvgIpc) is 2.62. The topological polar surface area (TPSA) is 48.3 Å². The van der Waals surface area contributed by atoms with Gasteiger partial charge in [0, 0.05) is 23.8 Å². The lowest BCUT2D eigenvalue weighted by molar-refractivity contribution is 0.272. The summed E-state index contributed by atoms with van der Waals surface area (Å²) in [4.78, 5) is 2.33. The molecule has 0 spiro atoms. The minimum atomic E-state index is 0.131. The van der Waals surface area contributed by atoms with Crippen LogP contribution in [0.3, 0.4) is 0 Å². The summed E-state index contributed by atoms with van der Waals surface area (Å²) in [5, 5.41) is 16.9. The molecular formula is C18H20ClN3O2. The zero-order chi connectivity index (χ0) is 16.9. The van der Waals surface area contributed by atoms with E-state index in [2.05, 4.69) is 10.0 Å². The molecule has 1 N–H and O–H groups in total. The second kappa shape index (κ2) is 7.45. The van der Waals surface area contributed by atoms with Crippen LogP contribution < -0.4 is 9.64 Å². The molecule has 1 heterocycles. The monoisotopic (exact) mass is 345 g/mol. The highest BCUT2D eigenvalue weighted by molar-refractivity contribution is 6.30. The standard InChI is InChI=1S/C18H20ClN3O2/c1-24-18-12-14(2-7-17(18)23)13-20-22-10-8-21(9-11-22)16-5-3-15(19)4-6-16/h2-7,12-13,23H,8-11H2,1H3/b20-13+. The van der Waals surface area contributed by atoms with Crippen LogP contribution in [0.2, 0.25) is 5.02 Å². The number of rotatable bonds is 4. The fraction of sp³-hybridized carbons (Fsp3) is 0.278. The number of methoxy groups -OCH3 is 1. The number of piperazine rings is 1. The van der Waals surface area contributed by atoms with Gasteiger partial charge >= 0.3 is 0 Å². The second-order valence-electron chi connectivity index (χ2n) is 5.59. The van der Waals surface area contributed by atoms with E-state index in [4.69, 9.17) is 16.3 Å². The van der Waals surface area contributed by atoms with Crippen molar-refractivity contribution < 1.29 is 9.84 Å². The second-order valence-corrected chi connectivity index (χ2v) is 6.03. The molecule has 2 aromatic carbocycles. The number of hydrogen-bond acceptors (Lipinski definition) is 5. The van der Waals surface area contributed by atoms with Crippen LogP contribution in [0.15, 0.2) is 47.6 Å². The average molecular weight is 346 g/mol. The lowest BCUT2D eigenvalue weighted by Gasteiger charge is -2.34. The Labute approximate surface area is 146 Å². The van der Waals surface area contributed by atoms with E-state index in [1.165, 1.54) is 12.8 Å². The van der Waals surface area contributed by atoms with E-state index >= 15 is 0 Å². The van der Waals surface area contributed by atoms with Crippen LogP contribution in [0.4, 0.5) is 5.69 Å². The van der Waals surface area contributed by atoms with Gasteiger partial charge in [-0.25, -0.2) is 0 Å². The molecule has 0 aliphatic carbocycles. The first-order chi connectivity index (χ1) is 11.7. The summed E-state index contributed by atoms with van der Waals surface area (Å²) in [5.41, 5.74) is 2.08. The van der Waals surface area contributed by atoms with Gasteiger partial charge in [0.15, 0.2) is 11.5 Å². The zero-order valence-electron chi connectivity index (χ0n) is 13.5. The molecule has 0 aromatic heterocycles. The maximum Gasteiger partial charge on any atom is 0.161 e. The Bertz CT molecular complexity index is 711. The Morgan fingerprint density at radius 2 is 1.79 bits per heavy atom. The van der Waals surface area contributed by atoms with E-state index in [0.29, 0.717) is 5.75 Å². The van der Waals surface area contributed by atoms with Crippen LogP contribution in [0.5, 0.6) is 11.5 Å². The largest absolute Gasteiger partial charge is 0.504 e. The summed E-state index contributed by atoms with van der Waals surface area (Å²) < 4.78 is 5.11. The van der Waals surface area contributed by atoms with Gasteiger partial charge in [-0.15, -0.1) is 0 Å². The van der Waals surface area contributed by atoms with E-state index in [1.54, 1.807) is 18.3 Å². The fourth-order valence-electron chi connectivity index (χ4n) is 2.64. The molecular weight excluding hydrogens is 326 g/mol. The Kier molecular flexibility index (Phi) is 5.11. The van der Waals surface area contributed by atoms with Gasteiger partial charge in [-0.05, 0) is 48.0 Å². The molecule has 0 radical (unpaired) electrons. The fourth-order valence-corrected chi connectivity index (χ4v) is 2.77. The minimum absolute atomic E-state index is 0.131. The Morgan fingerprint density at radius 1 is 1.08 bits per heavy atom. The normalized spacial score (nSPS) is 15.1. The highest BCUT2D eigenvalue weighted by atomic mass is 35.5. The predicted octanol–water partition coefficient (Wildman–Crippen LogP) is 3.21. The summed E-state index contributed by atoms with van der Waals surface area (Å²) in [6.45, 7) is 3.54. The zero-order valence-corrected chi connectivity index (χ0v) is 14.3. The number of hydrazone groups is 1. The summed E-state index contributed by atoms with van der Waals surface area (Å²) in [6, 6.07) is 13.1. The van der Waals surface area contributed by atoms with E-state index < -0.39 is 0 Å². The molecule has 126 valence electrons. The van der Waals surface area contributed by atoms with Crippen LogP contribution in [-0.4, -0.2) is 49.6 Å². The van der Waals surface area contributed by atoms with Crippen molar-refractivity contribution >= 4 is 23.5 Å². The van der Waals surface area contributed by atoms with Gasteiger partial charge in [0.05, 0.1) is 26.4 Å². The molecule has 6 heteroatoms. The molecule has 0 bridgehead atoms. The molecule has 1 aliphatic heterocycles. The molecule has 24 heavy (non-hydrogen) atoms. The van der Waals surface area contributed by atoms with Crippen molar-refractivity contribution in [2.75, 3.05) is 38.2 Å². The van der Waals surface area contributed by atoms with E-state index in [-0.39, 0.29) is 5.75 Å². The van der Waals surface area contributed by atoms with E-state index in [1.807, 2.05) is 35.3 Å². The summed E-state index contributed by atoms with van der Waals surface area (Å²) in [5.74, 6) is 0.581. The van der Waals surface area contributed by atoms with Gasteiger partial charge in [-0.2, -0.15) is 5.10 Å². The van der Waals surface area contributed by atoms with Gasteiger partial charge in [0.2, 0.25) is 0 Å². The Morgan fingerprint density at radius 3 is 2.46 bits per heavy atom. The first-order valence-corrected chi connectivity index (χ1v) is 8.20. The van der Waals surface area contributed by atoms with Crippen LogP contribution in [-0.2, 0) is 0 Å². The van der Waals surface area contributed by atoms with Gasteiger partial charge in [0.1, 0.15) is 0 Å². The van der Waals surface area contributed by atoms with Gasteiger partial charge < -0.3 is 14.7 Å². The highest BCUT2D eigenvalue weighted by Gasteiger charge is 2.15. The predicted molar refractivity (Wildman–Crippen MR) is 97.5 cm³/mol. The van der Waals surface area contributed by atoms with Crippen molar-refractivity contribution in [3.05, 3.63) is 53.1 Å². The third kappa shape index (κ3) is 3.92. The molecule has 5 nitrogen and oxygen atoms in total. The maximum absolute atomic E-state index is 9.61. The van der Waals surface area contributed by atoms with Crippen molar-refractivity contribution in [2.24, 2.45) is 5.10 Å². The summed E-state index contributed by atoms with van der Waals surface area (Å²) in [6.07, 6.45) is 1.79. The highest BCUT2D eigenvalue weighted by Crippen LogP contribution is 2.25. The van der Waals surface area contributed by atoms with Crippen molar-refractivity contribution in [3.63, 3.8) is 0 Å². The summed E-state index contributed by atoms with van der Waals surface area (Å²) >= 11 is 5.93. The number of aromatic hydroxyl groups is 1. The number of nitrogens with zero attached hydrogens (tertiary/aromatic N) is 3. The number of ether oxygens (including phenoxy) is 1. The number of anilines is 1. The number of benzene rings is 2. The van der Waals surface area contributed by atoms with Crippen molar-refractivity contribution in [1.29, 1.82) is 0 Å². The Hall–Kier alpha value is -2.40. The van der Waals surface area contributed by atoms with Crippen LogP contribution in [0, 0.1) is 0 Å². The quantitative estimate of drug-likeness (QED) is 0.864. The van der Waals surface area contributed by atoms with Crippen molar-refractivity contribution in [3.8, 4) is 11.5 Å². The van der Waals surface area contributed by atoms with Gasteiger partial charge in [-0.3, -0.25) is 5.01 Å². The summed E-state index contributed by atoms with van der Waals surface area (Å²) in [7, 11) is 1.53. The van der Waals surface area contributed by atoms with E-state index in [0.717, 1.165) is 36.8 Å². The van der Waals surface area contributed by atoms with Crippen molar-refractivity contribution in [2.45, 2.75) is 0 Å². The maximum atomic E-state index is 9.61. The molecule has 0 saturated carbocycles. The SMILES string of the molecule is COc1cc(/C=N/N2CCN(c3ccc(Cl)cc3)CC2)ccc1O. The van der Waals surface area contributed by atoms with Crippen LogP contribution in [0.25, 0.3) is 0 Å².